The van der Waals surface area contributed by atoms with E-state index in [2.05, 4.69) is 5.32 Å². The molecule has 21 heavy (non-hydrogen) atoms. The first-order valence-corrected chi connectivity index (χ1v) is 6.75. The maximum Gasteiger partial charge on any atom is 0.308 e. The molecule has 1 aliphatic carbocycles. The van der Waals surface area contributed by atoms with Crippen LogP contribution in [-0.4, -0.2) is 27.9 Å². The summed E-state index contributed by atoms with van der Waals surface area (Å²) in [5.41, 5.74) is -0.523. The second-order valence-corrected chi connectivity index (χ2v) is 5.31. The molecule has 0 aliphatic heterocycles. The van der Waals surface area contributed by atoms with Crippen LogP contribution < -0.4 is 5.32 Å². The minimum atomic E-state index is -0.974. The first-order valence-electron chi connectivity index (χ1n) is 6.37. The Kier molecular flexibility index (Phi) is 4.42. The SMILES string of the molecule is O=C(NC1CCCC1C(=O)O)c1cc(Cl)ccc1[N+](=O)[O-]. The van der Waals surface area contributed by atoms with Gasteiger partial charge < -0.3 is 10.4 Å². The summed E-state index contributed by atoms with van der Waals surface area (Å²) in [7, 11) is 0. The van der Waals surface area contributed by atoms with Crippen LogP contribution in [0.3, 0.4) is 0 Å². The molecule has 2 N–H and O–H groups in total. The van der Waals surface area contributed by atoms with Crippen molar-refractivity contribution in [3.63, 3.8) is 0 Å². The molecule has 2 atom stereocenters. The summed E-state index contributed by atoms with van der Waals surface area (Å²) in [6.45, 7) is 0. The highest BCUT2D eigenvalue weighted by molar-refractivity contribution is 6.31. The molecule has 1 aromatic carbocycles. The van der Waals surface area contributed by atoms with Crippen molar-refractivity contribution in [3.05, 3.63) is 38.9 Å². The summed E-state index contributed by atoms with van der Waals surface area (Å²) in [4.78, 5) is 33.5. The van der Waals surface area contributed by atoms with E-state index in [0.717, 1.165) is 6.07 Å². The van der Waals surface area contributed by atoms with E-state index >= 15 is 0 Å². The average Bonchev–Trinajstić information content (AvgIpc) is 2.86. The number of benzene rings is 1. The molecular weight excluding hydrogens is 300 g/mol. The second kappa shape index (κ2) is 6.09. The lowest BCUT2D eigenvalue weighted by molar-refractivity contribution is -0.385. The van der Waals surface area contributed by atoms with Crippen molar-refractivity contribution in [3.8, 4) is 0 Å². The Morgan fingerprint density at radius 1 is 1.38 bits per heavy atom. The monoisotopic (exact) mass is 312 g/mol. The van der Waals surface area contributed by atoms with Crippen LogP contribution in [0.1, 0.15) is 29.6 Å². The molecule has 1 aromatic rings. The molecule has 1 amide bonds. The fourth-order valence-electron chi connectivity index (χ4n) is 2.52. The normalized spacial score (nSPS) is 21.0. The van der Waals surface area contributed by atoms with Gasteiger partial charge >= 0.3 is 5.97 Å². The van der Waals surface area contributed by atoms with Crippen LogP contribution in [0.2, 0.25) is 5.02 Å². The van der Waals surface area contributed by atoms with E-state index in [1.54, 1.807) is 0 Å². The number of halogens is 1. The van der Waals surface area contributed by atoms with Gasteiger partial charge in [0.1, 0.15) is 5.56 Å². The Labute approximate surface area is 125 Å². The van der Waals surface area contributed by atoms with Crippen LogP contribution in [0, 0.1) is 16.0 Å². The Morgan fingerprint density at radius 3 is 2.71 bits per heavy atom. The van der Waals surface area contributed by atoms with E-state index in [1.807, 2.05) is 0 Å². The molecule has 8 heteroatoms. The number of carboxylic acid groups (broad SMARTS) is 1. The first kappa shape index (κ1) is 15.2. The van der Waals surface area contributed by atoms with Gasteiger partial charge in [0.05, 0.1) is 10.8 Å². The van der Waals surface area contributed by atoms with Gasteiger partial charge in [-0.05, 0) is 25.0 Å². The van der Waals surface area contributed by atoms with E-state index in [4.69, 9.17) is 16.7 Å². The van der Waals surface area contributed by atoms with Crippen LogP contribution in [-0.2, 0) is 4.79 Å². The maximum absolute atomic E-state index is 12.2. The summed E-state index contributed by atoms with van der Waals surface area (Å²) in [5, 5.41) is 22.8. The van der Waals surface area contributed by atoms with E-state index < -0.39 is 28.8 Å². The second-order valence-electron chi connectivity index (χ2n) is 4.87. The van der Waals surface area contributed by atoms with Gasteiger partial charge in [-0.15, -0.1) is 0 Å². The summed E-state index contributed by atoms with van der Waals surface area (Å²) in [5.74, 6) is -2.31. The number of amides is 1. The van der Waals surface area contributed by atoms with Crippen molar-refractivity contribution in [1.82, 2.24) is 5.32 Å². The van der Waals surface area contributed by atoms with Crippen molar-refractivity contribution in [1.29, 1.82) is 0 Å². The molecule has 1 saturated carbocycles. The van der Waals surface area contributed by atoms with E-state index in [9.17, 15) is 19.7 Å². The highest BCUT2D eigenvalue weighted by Crippen LogP contribution is 2.27. The molecule has 2 rings (SSSR count). The van der Waals surface area contributed by atoms with E-state index in [1.165, 1.54) is 12.1 Å². The molecule has 0 spiro atoms. The van der Waals surface area contributed by atoms with Gasteiger partial charge in [0.25, 0.3) is 11.6 Å². The highest BCUT2D eigenvalue weighted by Gasteiger charge is 2.35. The third kappa shape index (κ3) is 3.30. The smallest absolute Gasteiger partial charge is 0.308 e. The molecule has 2 unspecified atom stereocenters. The number of nitrogens with one attached hydrogen (secondary N) is 1. The number of hydrogen-bond donors (Lipinski definition) is 2. The summed E-state index contributed by atoms with van der Waals surface area (Å²) in [6, 6.07) is 3.17. The summed E-state index contributed by atoms with van der Waals surface area (Å²) in [6.07, 6.45) is 1.72. The van der Waals surface area contributed by atoms with Gasteiger partial charge in [0, 0.05) is 17.1 Å². The molecular formula is C13H13ClN2O5. The minimum Gasteiger partial charge on any atom is -0.481 e. The first-order chi connectivity index (χ1) is 9.90. The molecule has 0 heterocycles. The summed E-state index contributed by atoms with van der Waals surface area (Å²) < 4.78 is 0. The lowest BCUT2D eigenvalue weighted by Gasteiger charge is -2.17. The number of carboxylic acids is 1. The average molecular weight is 313 g/mol. The number of hydrogen-bond acceptors (Lipinski definition) is 4. The summed E-state index contributed by atoms with van der Waals surface area (Å²) >= 11 is 5.76. The molecule has 112 valence electrons. The van der Waals surface area contributed by atoms with Gasteiger partial charge in [-0.3, -0.25) is 19.7 Å². The fraction of sp³-hybridized carbons (Fsp3) is 0.385. The Morgan fingerprint density at radius 2 is 2.10 bits per heavy atom. The lowest BCUT2D eigenvalue weighted by atomic mass is 10.0. The maximum atomic E-state index is 12.2. The molecule has 1 aliphatic rings. The number of rotatable bonds is 4. The number of nitro groups is 1. The van der Waals surface area contributed by atoms with Crippen LogP contribution in [0.5, 0.6) is 0 Å². The molecule has 0 radical (unpaired) electrons. The molecule has 7 nitrogen and oxygen atoms in total. The van der Waals surface area contributed by atoms with Crippen molar-refractivity contribution >= 4 is 29.2 Å². The van der Waals surface area contributed by atoms with Crippen molar-refractivity contribution in [2.24, 2.45) is 5.92 Å². The van der Waals surface area contributed by atoms with Gasteiger partial charge in [-0.1, -0.05) is 18.0 Å². The van der Waals surface area contributed by atoms with Crippen molar-refractivity contribution in [2.45, 2.75) is 25.3 Å². The third-order valence-corrected chi connectivity index (χ3v) is 3.78. The fourth-order valence-corrected chi connectivity index (χ4v) is 2.70. The zero-order valence-corrected chi connectivity index (χ0v) is 11.7. The quantitative estimate of drug-likeness (QED) is 0.654. The standard InChI is InChI=1S/C13H13ClN2O5/c14-7-4-5-11(16(20)21)9(6-7)12(17)15-10-3-1-2-8(10)13(18)19/h4-6,8,10H,1-3H2,(H,15,17)(H,18,19). The number of carbonyl (C=O) groups is 2. The number of nitro benzene ring substituents is 1. The third-order valence-electron chi connectivity index (χ3n) is 3.55. The predicted octanol–water partition coefficient (Wildman–Crippen LogP) is 2.23. The highest BCUT2D eigenvalue weighted by atomic mass is 35.5. The van der Waals surface area contributed by atoms with Crippen LogP contribution >= 0.6 is 11.6 Å². The van der Waals surface area contributed by atoms with Crippen LogP contribution in [0.25, 0.3) is 0 Å². The lowest BCUT2D eigenvalue weighted by Crippen LogP contribution is -2.40. The zero-order valence-electron chi connectivity index (χ0n) is 10.9. The number of carbonyl (C=O) groups excluding carboxylic acids is 1. The van der Waals surface area contributed by atoms with Gasteiger partial charge in [-0.2, -0.15) is 0 Å². The number of nitrogens with zero attached hydrogens (tertiary/aromatic N) is 1. The van der Waals surface area contributed by atoms with Crippen molar-refractivity contribution < 1.29 is 19.6 Å². The molecule has 1 fully saturated rings. The Bertz CT molecular complexity index is 604. The molecule has 0 bridgehead atoms. The Balaban J connectivity index is 2.22. The predicted molar refractivity (Wildman–Crippen MR) is 74.3 cm³/mol. The van der Waals surface area contributed by atoms with Gasteiger partial charge in [0.15, 0.2) is 0 Å². The number of aliphatic carboxylic acids is 1. The van der Waals surface area contributed by atoms with Crippen LogP contribution in [0.15, 0.2) is 18.2 Å². The van der Waals surface area contributed by atoms with E-state index in [0.29, 0.717) is 19.3 Å². The van der Waals surface area contributed by atoms with Gasteiger partial charge in [-0.25, -0.2) is 0 Å². The minimum absolute atomic E-state index is 0.163. The van der Waals surface area contributed by atoms with Crippen molar-refractivity contribution in [2.75, 3.05) is 0 Å². The molecule has 0 saturated heterocycles. The van der Waals surface area contributed by atoms with Crippen LogP contribution in [0.4, 0.5) is 5.69 Å². The van der Waals surface area contributed by atoms with E-state index in [-0.39, 0.29) is 16.3 Å². The zero-order chi connectivity index (χ0) is 15.6. The van der Waals surface area contributed by atoms with Gasteiger partial charge in [0.2, 0.25) is 0 Å². The largest absolute Gasteiger partial charge is 0.481 e. The molecule has 0 aromatic heterocycles. The topological polar surface area (TPSA) is 110 Å². The Hall–Kier alpha value is -2.15.